The van der Waals surface area contributed by atoms with Crippen molar-refractivity contribution < 1.29 is 9.47 Å². The largest absolute Gasteiger partial charge is 0.459 e. The van der Waals surface area contributed by atoms with Crippen molar-refractivity contribution in [2.75, 3.05) is 12.1 Å². The van der Waals surface area contributed by atoms with E-state index in [1.54, 1.807) is 17.9 Å². The molecule has 1 aliphatic rings. The highest BCUT2D eigenvalue weighted by Gasteiger charge is 2.14. The zero-order chi connectivity index (χ0) is 11.8. The van der Waals surface area contributed by atoms with Crippen molar-refractivity contribution in [3.63, 3.8) is 0 Å². The number of hydrogen-bond acceptors (Lipinski definition) is 6. The number of nitrogens with zero attached hydrogens (tertiary/aromatic N) is 4. The van der Waals surface area contributed by atoms with Crippen LogP contribution in [-0.4, -0.2) is 26.5 Å². The molecule has 0 saturated carbocycles. The van der Waals surface area contributed by atoms with Crippen molar-refractivity contribution >= 4 is 28.5 Å². The summed E-state index contributed by atoms with van der Waals surface area (Å²) < 4.78 is 11.7. The first-order valence-corrected chi connectivity index (χ1v) is 5.18. The lowest BCUT2D eigenvalue weighted by molar-refractivity contribution is 0.0823. The average molecular weight is 254 g/mol. The second-order valence-corrected chi connectivity index (χ2v) is 3.72. The number of rotatable bonds is 2. The third-order valence-electron chi connectivity index (χ3n) is 2.28. The van der Waals surface area contributed by atoms with E-state index in [-0.39, 0.29) is 12.1 Å². The lowest BCUT2D eigenvalue weighted by atomic mass is 10.4. The second-order valence-electron chi connectivity index (χ2n) is 3.38. The van der Waals surface area contributed by atoms with Gasteiger partial charge in [-0.3, -0.25) is 4.68 Å². The third kappa shape index (κ3) is 1.74. The normalized spacial score (nSPS) is 14.4. The molecule has 1 aliphatic heterocycles. The Morgan fingerprint density at radius 1 is 1.47 bits per heavy atom. The first kappa shape index (κ1) is 10.2. The van der Waals surface area contributed by atoms with Crippen LogP contribution in [0.25, 0.3) is 11.0 Å². The van der Waals surface area contributed by atoms with Gasteiger partial charge in [0, 0.05) is 7.05 Å². The van der Waals surface area contributed by atoms with E-state index in [2.05, 4.69) is 20.4 Å². The summed E-state index contributed by atoms with van der Waals surface area (Å²) in [5, 5.41) is 7.96. The number of ether oxygens (including phenoxy) is 2. The summed E-state index contributed by atoms with van der Waals surface area (Å²) in [5.41, 5.74) is 0.645. The average Bonchev–Trinajstić information content (AvgIpc) is 2.90. The van der Waals surface area contributed by atoms with E-state index < -0.39 is 0 Å². The number of fused-ring (bicyclic) bond motifs is 1. The summed E-state index contributed by atoms with van der Waals surface area (Å²) in [4.78, 5) is 8.19. The summed E-state index contributed by atoms with van der Waals surface area (Å²) in [7, 11) is 1.78. The van der Waals surface area contributed by atoms with Crippen LogP contribution in [0.2, 0.25) is 5.28 Å². The molecule has 0 saturated heterocycles. The molecule has 1 N–H and O–H groups in total. The maximum absolute atomic E-state index is 5.84. The van der Waals surface area contributed by atoms with Crippen LogP contribution in [0.3, 0.4) is 0 Å². The maximum atomic E-state index is 5.84. The number of nitrogens with one attached hydrogen (secondary N) is 1. The minimum atomic E-state index is 0.142. The topological polar surface area (TPSA) is 74.1 Å². The van der Waals surface area contributed by atoms with E-state index in [1.165, 1.54) is 6.26 Å². The Labute approximate surface area is 101 Å². The summed E-state index contributed by atoms with van der Waals surface area (Å²) in [5.74, 6) is 1.01. The van der Waals surface area contributed by atoms with Crippen molar-refractivity contribution in [1.82, 2.24) is 19.7 Å². The van der Waals surface area contributed by atoms with Gasteiger partial charge in [-0.1, -0.05) is 0 Å². The number of hydrogen-bond donors (Lipinski definition) is 1. The van der Waals surface area contributed by atoms with Gasteiger partial charge in [-0.15, -0.1) is 0 Å². The molecule has 8 heteroatoms. The summed E-state index contributed by atoms with van der Waals surface area (Å²) in [6.07, 6.45) is 3.13. The predicted octanol–water partition coefficient (Wildman–Crippen LogP) is 1.23. The third-order valence-corrected chi connectivity index (χ3v) is 2.45. The van der Waals surface area contributed by atoms with Crippen LogP contribution >= 0.6 is 11.6 Å². The fourth-order valence-corrected chi connectivity index (χ4v) is 1.68. The first-order chi connectivity index (χ1) is 8.24. The smallest absolute Gasteiger partial charge is 0.232 e. The lowest BCUT2D eigenvalue weighted by Gasteiger charge is -2.06. The van der Waals surface area contributed by atoms with E-state index in [1.807, 2.05) is 0 Å². The van der Waals surface area contributed by atoms with Crippen molar-refractivity contribution in [3.8, 4) is 0 Å². The fourth-order valence-electron chi connectivity index (χ4n) is 1.51. The van der Waals surface area contributed by atoms with Crippen LogP contribution in [0.1, 0.15) is 0 Å². The summed E-state index contributed by atoms with van der Waals surface area (Å²) in [6.45, 7) is 0.192. The van der Waals surface area contributed by atoms with Gasteiger partial charge in [0.2, 0.25) is 18.0 Å². The van der Waals surface area contributed by atoms with Gasteiger partial charge in [0.25, 0.3) is 0 Å². The molecule has 0 bridgehead atoms. The van der Waals surface area contributed by atoms with Gasteiger partial charge in [0.05, 0.1) is 11.6 Å². The molecule has 2 aromatic heterocycles. The van der Waals surface area contributed by atoms with Crippen LogP contribution in [-0.2, 0) is 16.5 Å². The Bertz CT molecular complexity index is 609. The highest BCUT2D eigenvalue weighted by atomic mass is 35.5. The number of halogens is 1. The molecule has 0 fully saturated rings. The Kier molecular flexibility index (Phi) is 2.25. The molecule has 7 nitrogen and oxygen atoms in total. The molecule has 3 rings (SSSR count). The lowest BCUT2D eigenvalue weighted by Crippen LogP contribution is -2.03. The molecule has 17 heavy (non-hydrogen) atoms. The number of anilines is 1. The molecule has 0 aliphatic carbocycles. The maximum Gasteiger partial charge on any atom is 0.232 e. The Morgan fingerprint density at radius 2 is 2.35 bits per heavy atom. The molecule has 0 aromatic carbocycles. The molecule has 0 unspecified atom stereocenters. The van der Waals surface area contributed by atoms with Crippen LogP contribution in [0.4, 0.5) is 5.82 Å². The first-order valence-electron chi connectivity index (χ1n) is 4.81. The van der Waals surface area contributed by atoms with Crippen molar-refractivity contribution in [1.29, 1.82) is 0 Å². The highest BCUT2D eigenvalue weighted by molar-refractivity contribution is 6.28. The minimum Gasteiger partial charge on any atom is -0.459 e. The predicted molar refractivity (Wildman–Crippen MR) is 60.1 cm³/mol. The summed E-state index contributed by atoms with van der Waals surface area (Å²) >= 11 is 5.84. The van der Waals surface area contributed by atoms with Crippen LogP contribution < -0.4 is 5.32 Å². The van der Waals surface area contributed by atoms with Gasteiger partial charge in [-0.05, 0) is 11.6 Å². The van der Waals surface area contributed by atoms with E-state index in [9.17, 15) is 0 Å². The summed E-state index contributed by atoms with van der Waals surface area (Å²) in [6, 6.07) is 0. The van der Waals surface area contributed by atoms with Crippen molar-refractivity contribution in [3.05, 3.63) is 23.6 Å². The van der Waals surface area contributed by atoms with Crippen LogP contribution in [0, 0.1) is 0 Å². The highest BCUT2D eigenvalue weighted by Crippen LogP contribution is 2.23. The molecule has 0 radical (unpaired) electrons. The van der Waals surface area contributed by atoms with Gasteiger partial charge >= 0.3 is 0 Å². The zero-order valence-electron chi connectivity index (χ0n) is 8.85. The molecule has 0 spiro atoms. The molecule has 88 valence electrons. The SMILES string of the molecule is Cn1ncc2c(NC3=COCO3)nc(Cl)nc21. The number of aromatic nitrogens is 4. The van der Waals surface area contributed by atoms with Gasteiger partial charge < -0.3 is 14.8 Å². The van der Waals surface area contributed by atoms with E-state index in [0.29, 0.717) is 17.3 Å². The molecule has 0 atom stereocenters. The molecule has 3 heterocycles. The van der Waals surface area contributed by atoms with Gasteiger partial charge in [-0.25, -0.2) is 0 Å². The van der Waals surface area contributed by atoms with Gasteiger partial charge in [-0.2, -0.15) is 15.1 Å². The second kappa shape index (κ2) is 3.77. The van der Waals surface area contributed by atoms with E-state index in [0.717, 1.165) is 5.39 Å². The van der Waals surface area contributed by atoms with Crippen molar-refractivity contribution in [2.24, 2.45) is 7.05 Å². The van der Waals surface area contributed by atoms with Crippen molar-refractivity contribution in [2.45, 2.75) is 0 Å². The van der Waals surface area contributed by atoms with Crippen LogP contribution in [0.15, 0.2) is 18.3 Å². The zero-order valence-corrected chi connectivity index (χ0v) is 9.60. The van der Waals surface area contributed by atoms with Gasteiger partial charge in [0.1, 0.15) is 12.1 Å². The standard InChI is InChI=1S/C9H8ClN5O2/c1-15-8-5(2-11-15)7(13-9(10)14-8)12-6-3-16-4-17-6/h2-3H,4H2,1H3,(H,12,13,14). The molecule has 2 aromatic rings. The molecular weight excluding hydrogens is 246 g/mol. The minimum absolute atomic E-state index is 0.142. The molecule has 0 amide bonds. The van der Waals surface area contributed by atoms with E-state index >= 15 is 0 Å². The molecular formula is C9H8ClN5O2. The fraction of sp³-hybridized carbons (Fsp3) is 0.222. The van der Waals surface area contributed by atoms with Crippen LogP contribution in [0.5, 0.6) is 0 Å². The van der Waals surface area contributed by atoms with E-state index in [4.69, 9.17) is 21.1 Å². The Balaban J connectivity index is 2.08. The number of aryl methyl sites for hydroxylation is 1. The quantitative estimate of drug-likeness (QED) is 0.812. The Hall–Kier alpha value is -2.02. The Morgan fingerprint density at radius 3 is 3.12 bits per heavy atom. The van der Waals surface area contributed by atoms with Gasteiger partial charge in [0.15, 0.2) is 5.65 Å². The monoisotopic (exact) mass is 253 g/mol.